The monoisotopic (exact) mass is 139 g/mol. The summed E-state index contributed by atoms with van der Waals surface area (Å²) in [5.41, 5.74) is 1.42. The largest absolute Gasteiger partial charge is 0.291 e. The molecule has 0 aliphatic heterocycles. The molecule has 0 aromatic carbocycles. The van der Waals surface area contributed by atoms with Crippen LogP contribution in [0.15, 0.2) is 24.6 Å². The van der Waals surface area contributed by atoms with Gasteiger partial charge in [-0.3, -0.25) is 9.69 Å². The van der Waals surface area contributed by atoms with E-state index >= 15 is 0 Å². The molecule has 0 radical (unpaired) electrons. The van der Waals surface area contributed by atoms with Crippen molar-refractivity contribution in [3.05, 3.63) is 24.6 Å². The van der Waals surface area contributed by atoms with Gasteiger partial charge in [0.2, 0.25) is 5.91 Å². The maximum absolute atomic E-state index is 10.8. The van der Waals surface area contributed by atoms with E-state index in [0.717, 1.165) is 0 Å². The Morgan fingerprint density at radius 3 is 1.40 bits per heavy atom. The van der Waals surface area contributed by atoms with Gasteiger partial charge in [-0.05, 0) is 13.8 Å². The van der Waals surface area contributed by atoms with Gasteiger partial charge in [-0.15, -0.1) is 0 Å². The van der Waals surface area contributed by atoms with E-state index in [-0.39, 0.29) is 5.91 Å². The maximum Gasteiger partial charge on any atom is 0.227 e. The van der Waals surface area contributed by atoms with Crippen LogP contribution in [0, 0.1) is 0 Å². The number of carbonyl (C=O) groups is 1. The zero-order valence-corrected chi connectivity index (χ0v) is 6.77. The quantitative estimate of drug-likeness (QED) is 0.572. The molecule has 0 spiro atoms. The smallest absolute Gasteiger partial charge is 0.227 e. The van der Waals surface area contributed by atoms with E-state index in [0.29, 0.717) is 11.4 Å². The fourth-order valence-electron chi connectivity index (χ4n) is 0.863. The van der Waals surface area contributed by atoms with Crippen LogP contribution in [-0.4, -0.2) is 10.8 Å². The Kier molecular flexibility index (Phi) is 2.87. The van der Waals surface area contributed by atoms with Gasteiger partial charge in [-0.25, -0.2) is 0 Å². The highest BCUT2D eigenvalue weighted by Gasteiger charge is 2.08. The SMILES string of the molecule is C=C(C)N(C(=C)C)C(C)=O. The molecule has 0 aliphatic rings. The zero-order valence-electron chi connectivity index (χ0n) is 6.77. The average Bonchev–Trinajstić information content (AvgIpc) is 1.59. The normalized spacial score (nSPS) is 8.70. The van der Waals surface area contributed by atoms with Crippen molar-refractivity contribution in [2.75, 3.05) is 0 Å². The third-order valence-electron chi connectivity index (χ3n) is 1.08. The van der Waals surface area contributed by atoms with E-state index in [1.807, 2.05) is 0 Å². The molecule has 10 heavy (non-hydrogen) atoms. The van der Waals surface area contributed by atoms with Crippen molar-refractivity contribution in [1.82, 2.24) is 4.90 Å². The lowest BCUT2D eigenvalue weighted by Crippen LogP contribution is -2.23. The molecular formula is C8H13NO. The van der Waals surface area contributed by atoms with Crippen LogP contribution in [0.2, 0.25) is 0 Å². The van der Waals surface area contributed by atoms with Gasteiger partial charge in [0.1, 0.15) is 0 Å². The fraction of sp³-hybridized carbons (Fsp3) is 0.375. The highest BCUT2D eigenvalue weighted by atomic mass is 16.2. The Morgan fingerprint density at radius 2 is 1.40 bits per heavy atom. The predicted octanol–water partition coefficient (Wildman–Crippen LogP) is 1.90. The van der Waals surface area contributed by atoms with Gasteiger partial charge in [-0.2, -0.15) is 0 Å². The van der Waals surface area contributed by atoms with Crippen molar-refractivity contribution in [2.24, 2.45) is 0 Å². The van der Waals surface area contributed by atoms with Gasteiger partial charge in [0, 0.05) is 18.3 Å². The Hall–Kier alpha value is -1.05. The van der Waals surface area contributed by atoms with Crippen molar-refractivity contribution < 1.29 is 4.79 Å². The summed E-state index contributed by atoms with van der Waals surface area (Å²) in [4.78, 5) is 12.3. The second-order valence-electron chi connectivity index (χ2n) is 2.32. The number of carbonyl (C=O) groups excluding carboxylic acids is 1. The average molecular weight is 139 g/mol. The zero-order chi connectivity index (χ0) is 8.31. The molecule has 0 aromatic heterocycles. The van der Waals surface area contributed by atoms with Crippen LogP contribution in [0.4, 0.5) is 0 Å². The molecule has 0 rings (SSSR count). The van der Waals surface area contributed by atoms with Gasteiger partial charge in [0.25, 0.3) is 0 Å². The molecule has 0 saturated heterocycles. The molecule has 0 N–H and O–H groups in total. The van der Waals surface area contributed by atoms with E-state index < -0.39 is 0 Å². The number of hydrogen-bond acceptors (Lipinski definition) is 1. The Bertz CT molecular complexity index is 148. The Labute approximate surface area is 61.8 Å². The topological polar surface area (TPSA) is 20.3 Å². The summed E-state index contributed by atoms with van der Waals surface area (Å²) in [6, 6.07) is 0. The molecule has 0 heterocycles. The van der Waals surface area contributed by atoms with E-state index in [4.69, 9.17) is 0 Å². The lowest BCUT2D eigenvalue weighted by atomic mass is 10.3. The number of nitrogens with zero attached hydrogens (tertiary/aromatic N) is 1. The Morgan fingerprint density at radius 1 is 1.10 bits per heavy atom. The summed E-state index contributed by atoms with van der Waals surface area (Å²) < 4.78 is 0. The second kappa shape index (κ2) is 3.20. The lowest BCUT2D eigenvalue weighted by molar-refractivity contribution is -0.125. The second-order valence-corrected chi connectivity index (χ2v) is 2.32. The number of amides is 1. The summed E-state index contributed by atoms with van der Waals surface area (Å²) in [6.07, 6.45) is 0. The molecule has 1 amide bonds. The first-order valence-corrected chi connectivity index (χ1v) is 3.08. The summed E-state index contributed by atoms with van der Waals surface area (Å²) in [6.45, 7) is 12.3. The van der Waals surface area contributed by atoms with Crippen LogP contribution >= 0.6 is 0 Å². The third kappa shape index (κ3) is 2.05. The highest BCUT2D eigenvalue weighted by molar-refractivity contribution is 5.76. The van der Waals surface area contributed by atoms with Crippen molar-refractivity contribution in [3.8, 4) is 0 Å². The van der Waals surface area contributed by atoms with Crippen LogP contribution < -0.4 is 0 Å². The standard InChI is InChI=1S/C8H13NO/c1-6(2)9(7(3)4)8(5)10/h1,3H2,2,4-5H3. The molecular weight excluding hydrogens is 126 g/mol. The van der Waals surface area contributed by atoms with E-state index in [1.165, 1.54) is 11.8 Å². The summed E-state index contributed by atoms with van der Waals surface area (Å²) >= 11 is 0. The highest BCUT2D eigenvalue weighted by Crippen LogP contribution is 2.07. The predicted molar refractivity (Wildman–Crippen MR) is 42.1 cm³/mol. The molecule has 0 atom stereocenters. The van der Waals surface area contributed by atoms with E-state index in [1.54, 1.807) is 13.8 Å². The molecule has 2 nitrogen and oxygen atoms in total. The summed E-state index contributed by atoms with van der Waals surface area (Å²) in [5, 5.41) is 0. The minimum Gasteiger partial charge on any atom is -0.291 e. The number of rotatable bonds is 2. The van der Waals surface area contributed by atoms with Crippen molar-refractivity contribution in [2.45, 2.75) is 20.8 Å². The molecule has 0 saturated carbocycles. The Balaban J connectivity index is 4.43. The van der Waals surface area contributed by atoms with Crippen LogP contribution in [0.25, 0.3) is 0 Å². The lowest BCUT2D eigenvalue weighted by Gasteiger charge is -2.19. The summed E-state index contributed by atoms with van der Waals surface area (Å²) in [7, 11) is 0. The molecule has 0 unspecified atom stereocenters. The molecule has 0 fully saturated rings. The van der Waals surface area contributed by atoms with Gasteiger partial charge in [-0.1, -0.05) is 13.2 Å². The molecule has 2 heteroatoms. The molecule has 56 valence electrons. The molecule has 0 aromatic rings. The third-order valence-corrected chi connectivity index (χ3v) is 1.08. The van der Waals surface area contributed by atoms with Crippen LogP contribution in [0.5, 0.6) is 0 Å². The van der Waals surface area contributed by atoms with Gasteiger partial charge < -0.3 is 0 Å². The first-order valence-electron chi connectivity index (χ1n) is 3.08. The van der Waals surface area contributed by atoms with E-state index in [9.17, 15) is 4.79 Å². The molecule has 0 bridgehead atoms. The first kappa shape index (κ1) is 8.95. The van der Waals surface area contributed by atoms with E-state index in [2.05, 4.69) is 13.2 Å². The maximum atomic E-state index is 10.8. The van der Waals surface area contributed by atoms with Crippen LogP contribution in [0.3, 0.4) is 0 Å². The van der Waals surface area contributed by atoms with Crippen LogP contribution in [0.1, 0.15) is 20.8 Å². The van der Waals surface area contributed by atoms with Gasteiger partial charge in [0.05, 0.1) is 0 Å². The molecule has 0 aliphatic carbocycles. The van der Waals surface area contributed by atoms with Crippen LogP contribution in [-0.2, 0) is 4.79 Å². The number of hydrogen-bond donors (Lipinski definition) is 0. The number of allylic oxidation sites excluding steroid dienone is 2. The fourth-order valence-corrected chi connectivity index (χ4v) is 0.863. The van der Waals surface area contributed by atoms with Crippen molar-refractivity contribution >= 4 is 5.91 Å². The first-order chi connectivity index (χ1) is 4.46. The minimum absolute atomic E-state index is 0.0417. The minimum atomic E-state index is -0.0417. The summed E-state index contributed by atoms with van der Waals surface area (Å²) in [5.74, 6) is -0.0417. The van der Waals surface area contributed by atoms with Gasteiger partial charge >= 0.3 is 0 Å². The van der Waals surface area contributed by atoms with Gasteiger partial charge in [0.15, 0.2) is 0 Å². The van der Waals surface area contributed by atoms with Crippen molar-refractivity contribution in [3.63, 3.8) is 0 Å². The van der Waals surface area contributed by atoms with Crippen molar-refractivity contribution in [1.29, 1.82) is 0 Å².